The largest absolute Gasteiger partial charge is 0.507 e. The molecule has 3 heterocycles. The zero-order chi connectivity index (χ0) is 47.0. The molecular weight excluding hydrogens is 1030 g/mol. The van der Waals surface area contributed by atoms with Crippen LogP contribution in [0.5, 0.6) is 5.75 Å². The Hall–Kier alpha value is -7.77. The number of halogens is 1. The van der Waals surface area contributed by atoms with E-state index in [0.29, 0.717) is 34.2 Å². The fourth-order valence-electron chi connectivity index (χ4n) is 8.27. The van der Waals surface area contributed by atoms with E-state index in [-0.39, 0.29) is 43.5 Å². The molecule has 10 aromatic rings. The van der Waals surface area contributed by atoms with Gasteiger partial charge in [-0.15, -0.1) is 48.0 Å². The number of pyridine rings is 1. The third-order valence-electron chi connectivity index (χ3n) is 11.7. The molecule has 341 valence electrons. The van der Waals surface area contributed by atoms with Crippen LogP contribution in [0.15, 0.2) is 201 Å². The van der Waals surface area contributed by atoms with E-state index in [1.54, 1.807) is 55.1 Å². The summed E-state index contributed by atoms with van der Waals surface area (Å²) >= 11 is 0. The Balaban J connectivity index is 0.000000188. The molecule has 0 saturated carbocycles. The summed E-state index contributed by atoms with van der Waals surface area (Å²) in [5, 5.41) is 10.7. The summed E-state index contributed by atoms with van der Waals surface area (Å²) in [6.07, 6.45) is 6.93. The molecule has 0 amide bonds. The van der Waals surface area contributed by atoms with Gasteiger partial charge in [-0.25, -0.2) is 0 Å². The second-order valence-electron chi connectivity index (χ2n) is 17.1. The molecule has 8 heteroatoms. The van der Waals surface area contributed by atoms with Gasteiger partial charge in [0, 0.05) is 56.3 Å². The Labute approximate surface area is 417 Å². The van der Waals surface area contributed by atoms with Gasteiger partial charge in [-0.05, 0) is 97.9 Å². The summed E-state index contributed by atoms with van der Waals surface area (Å²) in [5.41, 5.74) is 15.9. The Morgan fingerprint density at radius 2 is 0.913 bits per heavy atom. The minimum Gasteiger partial charge on any atom is -0.507 e. The molecule has 0 spiro atoms. The summed E-state index contributed by atoms with van der Waals surface area (Å²) in [6, 6.07) is 63.9. The SMILES string of the molecule is CC(C)c1cc(-c2ccccc2)cc(C(C)C)c1-c1cc(-c2[c-]cc(F)cc2)nc(-c2ccccc2O)c1.[Ir].[c-]1c(-c2ncccn2)cc(-c2ccc(-c3ccccc3)cc2)cc1-c1ncccn1. The molecule has 0 atom stereocenters. The molecule has 0 saturated heterocycles. The van der Waals surface area contributed by atoms with Crippen molar-refractivity contribution in [3.8, 4) is 95.5 Å². The summed E-state index contributed by atoms with van der Waals surface area (Å²) in [5.74, 6) is 1.61. The number of benzene rings is 7. The van der Waals surface area contributed by atoms with E-state index in [4.69, 9.17) is 4.98 Å². The maximum atomic E-state index is 13.7. The molecule has 0 unspecified atom stereocenters. The van der Waals surface area contributed by atoms with Gasteiger partial charge in [0.15, 0.2) is 0 Å². The van der Waals surface area contributed by atoms with Gasteiger partial charge in [0.1, 0.15) is 5.75 Å². The molecule has 3 aromatic heterocycles. The van der Waals surface area contributed by atoms with Crippen molar-refractivity contribution in [3.63, 3.8) is 0 Å². The number of hydrogen-bond donors (Lipinski definition) is 1. The Kier molecular flexibility index (Phi) is 15.1. The molecule has 1 radical (unpaired) electrons. The van der Waals surface area contributed by atoms with Gasteiger partial charge in [-0.2, -0.15) is 0 Å². The van der Waals surface area contributed by atoms with Gasteiger partial charge in [0.05, 0.1) is 17.3 Å². The fraction of sp³-hybridized carbons (Fsp3) is 0.0984. The maximum Gasteiger partial charge on any atom is 0.124 e. The van der Waals surface area contributed by atoms with Gasteiger partial charge in [0.2, 0.25) is 0 Å². The monoisotopic (exact) mass is 1080 g/mol. The number of nitrogens with zero attached hydrogens (tertiary/aromatic N) is 5. The Bertz CT molecular complexity index is 3190. The number of aromatic hydroxyl groups is 1. The third kappa shape index (κ3) is 11.2. The van der Waals surface area contributed by atoms with E-state index in [1.807, 2.05) is 24.3 Å². The van der Waals surface area contributed by atoms with Crippen LogP contribution < -0.4 is 0 Å². The van der Waals surface area contributed by atoms with Crippen molar-refractivity contribution in [1.29, 1.82) is 0 Å². The third-order valence-corrected chi connectivity index (χ3v) is 11.7. The van der Waals surface area contributed by atoms with Crippen LogP contribution in [0.25, 0.3) is 89.8 Å². The minimum absolute atomic E-state index is 0. The van der Waals surface area contributed by atoms with Gasteiger partial charge >= 0.3 is 0 Å². The molecule has 0 aliphatic heterocycles. The Morgan fingerprint density at radius 1 is 0.449 bits per heavy atom. The van der Waals surface area contributed by atoms with Crippen molar-refractivity contribution in [1.82, 2.24) is 24.9 Å². The second-order valence-corrected chi connectivity index (χ2v) is 17.1. The van der Waals surface area contributed by atoms with Crippen LogP contribution in [0.2, 0.25) is 0 Å². The minimum atomic E-state index is -0.341. The van der Waals surface area contributed by atoms with E-state index in [1.165, 1.54) is 51.1 Å². The van der Waals surface area contributed by atoms with E-state index in [0.717, 1.165) is 27.8 Å². The zero-order valence-corrected chi connectivity index (χ0v) is 41.0. The van der Waals surface area contributed by atoms with Crippen LogP contribution >= 0.6 is 0 Å². The molecule has 6 nitrogen and oxygen atoms in total. The quantitative estimate of drug-likeness (QED) is 0.137. The number of aromatic nitrogens is 5. The van der Waals surface area contributed by atoms with Crippen LogP contribution in [0.1, 0.15) is 50.7 Å². The molecular formula is C61H48FIrN5O-2. The second kappa shape index (κ2) is 21.9. The molecule has 10 rings (SSSR count). The molecule has 1 N–H and O–H groups in total. The molecule has 0 bridgehead atoms. The number of phenolic OH excluding ortho intramolecular Hbond substituents is 1. The van der Waals surface area contributed by atoms with E-state index in [2.05, 4.69) is 169 Å². The van der Waals surface area contributed by atoms with Crippen molar-refractivity contribution in [2.24, 2.45) is 0 Å². The summed E-state index contributed by atoms with van der Waals surface area (Å²) in [6.45, 7) is 8.88. The standard InChI is InChI=1S/C35H31FNO.C26H17N4.Ir/c1-22(2)30-18-26(24-10-6-5-7-11-24)19-31(23(3)4)35(30)27-20-32(25-14-16-28(36)17-15-25)37-33(21-27)29-12-8-9-13-34(29)38;1-2-6-19(7-3-1)20-8-10-21(11-9-20)22-16-23(25-27-12-4-13-28-25)18-24(17-22)26-29-14-5-15-30-26;/h5-14,16-23,38H,1-4H3;1-17H;/q2*-1;. The van der Waals surface area contributed by atoms with Crippen LogP contribution in [-0.4, -0.2) is 30.0 Å². The van der Waals surface area contributed by atoms with Gasteiger partial charge < -0.3 is 5.11 Å². The van der Waals surface area contributed by atoms with Crippen LogP contribution in [0.4, 0.5) is 4.39 Å². The summed E-state index contributed by atoms with van der Waals surface area (Å²) in [7, 11) is 0. The van der Waals surface area contributed by atoms with Crippen LogP contribution in [-0.2, 0) is 20.1 Å². The number of phenols is 1. The first kappa shape index (κ1) is 47.7. The molecule has 0 aliphatic rings. The number of hydrogen-bond acceptors (Lipinski definition) is 6. The fourth-order valence-corrected chi connectivity index (χ4v) is 8.27. The molecule has 0 fully saturated rings. The molecule has 7 aromatic carbocycles. The van der Waals surface area contributed by atoms with Crippen LogP contribution in [0.3, 0.4) is 0 Å². The predicted octanol–water partition coefficient (Wildman–Crippen LogP) is 15.4. The average Bonchev–Trinajstić information content (AvgIpc) is 3.39. The maximum absolute atomic E-state index is 13.7. The van der Waals surface area contributed by atoms with Gasteiger partial charge in [0.25, 0.3) is 0 Å². The van der Waals surface area contributed by atoms with Crippen LogP contribution in [0, 0.1) is 17.9 Å². The first-order chi connectivity index (χ1) is 33.2. The van der Waals surface area contributed by atoms with Crippen molar-refractivity contribution in [2.45, 2.75) is 39.5 Å². The molecule has 69 heavy (non-hydrogen) atoms. The zero-order valence-electron chi connectivity index (χ0n) is 38.6. The van der Waals surface area contributed by atoms with Crippen molar-refractivity contribution >= 4 is 0 Å². The van der Waals surface area contributed by atoms with E-state index < -0.39 is 0 Å². The number of para-hydroxylation sites is 1. The smallest absolute Gasteiger partial charge is 0.124 e. The summed E-state index contributed by atoms with van der Waals surface area (Å²) < 4.78 is 13.7. The number of rotatable bonds is 10. The summed E-state index contributed by atoms with van der Waals surface area (Å²) in [4.78, 5) is 22.4. The Morgan fingerprint density at radius 3 is 1.42 bits per heavy atom. The predicted molar refractivity (Wildman–Crippen MR) is 273 cm³/mol. The first-order valence-corrected chi connectivity index (χ1v) is 22.7. The van der Waals surface area contributed by atoms with Crippen molar-refractivity contribution < 1.29 is 29.6 Å². The van der Waals surface area contributed by atoms with Gasteiger partial charge in [-0.1, -0.05) is 160 Å². The van der Waals surface area contributed by atoms with E-state index >= 15 is 0 Å². The van der Waals surface area contributed by atoms with Crippen molar-refractivity contribution in [3.05, 3.63) is 230 Å². The van der Waals surface area contributed by atoms with E-state index in [9.17, 15) is 9.50 Å². The molecule has 0 aliphatic carbocycles. The average molecular weight is 1080 g/mol. The van der Waals surface area contributed by atoms with Crippen molar-refractivity contribution in [2.75, 3.05) is 0 Å². The normalized spacial score (nSPS) is 10.9. The first-order valence-electron chi connectivity index (χ1n) is 22.7. The topological polar surface area (TPSA) is 84.7 Å². The van der Waals surface area contributed by atoms with Gasteiger partial charge in [-0.3, -0.25) is 29.3 Å².